The van der Waals surface area contributed by atoms with Gasteiger partial charge in [-0.1, -0.05) is 0 Å². The fraction of sp³-hybridized carbons (Fsp3) is 0.143. The van der Waals surface area contributed by atoms with Gasteiger partial charge in [-0.15, -0.1) is 0 Å². The van der Waals surface area contributed by atoms with Crippen LogP contribution >= 0.6 is 0 Å². The molecule has 0 saturated heterocycles. The van der Waals surface area contributed by atoms with Gasteiger partial charge in [-0.3, -0.25) is 9.48 Å². The van der Waals surface area contributed by atoms with Crippen LogP contribution in [0.15, 0.2) is 18.3 Å². The van der Waals surface area contributed by atoms with Gasteiger partial charge in [0.05, 0.1) is 5.69 Å². The molecule has 3 heteroatoms. The van der Waals surface area contributed by atoms with Crippen molar-refractivity contribution in [1.29, 1.82) is 0 Å². The Morgan fingerprint density at radius 3 is 3.00 bits per heavy atom. The fourth-order valence-electron chi connectivity index (χ4n) is 0.660. The van der Waals surface area contributed by atoms with E-state index in [-0.39, 0.29) is 0 Å². The molecule has 1 aromatic heterocycles. The van der Waals surface area contributed by atoms with Crippen LogP contribution in [0, 0.1) is 0 Å². The number of aldehydes is 1. The summed E-state index contributed by atoms with van der Waals surface area (Å²) in [6.07, 6.45) is 5.63. The average Bonchev–Trinajstić information content (AvgIpc) is 2.31. The van der Waals surface area contributed by atoms with Gasteiger partial charge < -0.3 is 0 Å². The Morgan fingerprint density at radius 1 is 1.70 bits per heavy atom. The summed E-state index contributed by atoms with van der Waals surface area (Å²) in [6.45, 7) is 0. The highest BCUT2D eigenvalue weighted by atomic mass is 16.1. The largest absolute Gasteiger partial charge is 0.299 e. The maximum absolute atomic E-state index is 9.86. The maximum atomic E-state index is 9.86. The molecule has 1 heterocycles. The summed E-state index contributed by atoms with van der Waals surface area (Å²) in [6, 6.07) is 1.83. The van der Waals surface area contributed by atoms with E-state index in [9.17, 15) is 4.79 Å². The lowest BCUT2D eigenvalue weighted by Gasteiger charge is -1.81. The van der Waals surface area contributed by atoms with E-state index in [2.05, 4.69) is 5.10 Å². The minimum Gasteiger partial charge on any atom is -0.299 e. The van der Waals surface area contributed by atoms with Gasteiger partial charge in [-0.25, -0.2) is 0 Å². The first-order valence-corrected chi connectivity index (χ1v) is 2.94. The van der Waals surface area contributed by atoms with Gasteiger partial charge in [0.1, 0.15) is 6.29 Å². The first kappa shape index (κ1) is 6.74. The Hall–Kier alpha value is -1.38. The third kappa shape index (κ3) is 1.55. The minimum absolute atomic E-state index is 0.731. The van der Waals surface area contributed by atoms with Gasteiger partial charge in [0.15, 0.2) is 0 Å². The minimum atomic E-state index is 0.731. The van der Waals surface area contributed by atoms with E-state index in [0.717, 1.165) is 12.0 Å². The van der Waals surface area contributed by atoms with Crippen molar-refractivity contribution in [2.75, 3.05) is 0 Å². The number of rotatable bonds is 2. The van der Waals surface area contributed by atoms with Crippen LogP contribution in [0.2, 0.25) is 0 Å². The summed E-state index contributed by atoms with van der Waals surface area (Å²) in [5.74, 6) is 0. The summed E-state index contributed by atoms with van der Waals surface area (Å²) in [4.78, 5) is 9.86. The van der Waals surface area contributed by atoms with E-state index >= 15 is 0 Å². The quantitative estimate of drug-likeness (QED) is 0.441. The highest BCUT2D eigenvalue weighted by Gasteiger charge is 1.87. The van der Waals surface area contributed by atoms with Crippen LogP contribution in [0.4, 0.5) is 0 Å². The highest BCUT2D eigenvalue weighted by Crippen LogP contribution is 1.94. The molecule has 0 aliphatic heterocycles. The lowest BCUT2D eigenvalue weighted by atomic mass is 10.4. The van der Waals surface area contributed by atoms with Gasteiger partial charge in [0.2, 0.25) is 0 Å². The third-order valence-corrected chi connectivity index (χ3v) is 1.08. The Kier molecular flexibility index (Phi) is 1.99. The number of carbonyl (C=O) groups excluding carboxylic acids is 1. The van der Waals surface area contributed by atoms with Gasteiger partial charge in [-0.05, 0) is 18.2 Å². The molecular formula is C7H8N2O. The van der Waals surface area contributed by atoms with Crippen molar-refractivity contribution in [3.8, 4) is 0 Å². The molecule has 0 aliphatic rings. The second kappa shape index (κ2) is 2.96. The molecule has 0 aliphatic carbocycles. The van der Waals surface area contributed by atoms with Gasteiger partial charge in [0.25, 0.3) is 0 Å². The molecule has 1 aromatic rings. The number of hydrogen-bond donors (Lipinski definition) is 0. The summed E-state index contributed by atoms with van der Waals surface area (Å²) >= 11 is 0. The topological polar surface area (TPSA) is 34.9 Å². The Bertz CT molecular complexity index is 250. The number of nitrogens with zero attached hydrogens (tertiary/aromatic N) is 2. The van der Waals surface area contributed by atoms with Crippen molar-refractivity contribution in [3.63, 3.8) is 0 Å². The standard InChI is InChI=1S/C7H8N2O/c1-9-5-4-7(8-9)3-2-6-10/h2-6H,1H3/b3-2+. The number of aromatic nitrogens is 2. The van der Waals surface area contributed by atoms with Crippen molar-refractivity contribution in [3.05, 3.63) is 24.0 Å². The van der Waals surface area contributed by atoms with E-state index < -0.39 is 0 Å². The molecule has 0 radical (unpaired) electrons. The molecule has 0 saturated carbocycles. The van der Waals surface area contributed by atoms with E-state index in [1.807, 2.05) is 19.3 Å². The second-order valence-corrected chi connectivity index (χ2v) is 1.91. The summed E-state index contributed by atoms with van der Waals surface area (Å²) in [5, 5.41) is 4.02. The highest BCUT2D eigenvalue weighted by molar-refractivity contribution is 5.72. The van der Waals surface area contributed by atoms with Crippen molar-refractivity contribution in [2.24, 2.45) is 7.05 Å². The molecule has 52 valence electrons. The molecule has 0 bridgehead atoms. The van der Waals surface area contributed by atoms with Crippen molar-refractivity contribution < 1.29 is 4.79 Å². The van der Waals surface area contributed by atoms with Crippen LogP contribution < -0.4 is 0 Å². The number of carbonyl (C=O) groups is 1. The van der Waals surface area contributed by atoms with Crippen LogP contribution in [0.25, 0.3) is 6.08 Å². The number of allylic oxidation sites excluding steroid dienone is 1. The second-order valence-electron chi connectivity index (χ2n) is 1.91. The smallest absolute Gasteiger partial charge is 0.142 e. The molecular weight excluding hydrogens is 128 g/mol. The van der Waals surface area contributed by atoms with E-state index in [1.165, 1.54) is 6.08 Å². The van der Waals surface area contributed by atoms with Crippen molar-refractivity contribution in [2.45, 2.75) is 0 Å². The van der Waals surface area contributed by atoms with E-state index in [0.29, 0.717) is 0 Å². The zero-order valence-electron chi connectivity index (χ0n) is 5.69. The molecule has 0 fully saturated rings. The monoisotopic (exact) mass is 136 g/mol. The maximum Gasteiger partial charge on any atom is 0.142 e. The molecule has 1 rings (SSSR count). The van der Waals surface area contributed by atoms with Crippen LogP contribution in [0.1, 0.15) is 5.69 Å². The lowest BCUT2D eigenvalue weighted by Crippen LogP contribution is -1.86. The van der Waals surface area contributed by atoms with Gasteiger partial charge in [0, 0.05) is 13.2 Å². The van der Waals surface area contributed by atoms with Crippen molar-refractivity contribution in [1.82, 2.24) is 9.78 Å². The lowest BCUT2D eigenvalue weighted by molar-refractivity contribution is -0.104. The first-order chi connectivity index (χ1) is 4.83. The Labute approximate surface area is 59.0 Å². The van der Waals surface area contributed by atoms with Crippen LogP contribution in [0.5, 0.6) is 0 Å². The van der Waals surface area contributed by atoms with E-state index in [1.54, 1.807) is 10.8 Å². The predicted octanol–water partition coefficient (Wildman–Crippen LogP) is 0.632. The fourth-order valence-corrected chi connectivity index (χ4v) is 0.660. The summed E-state index contributed by atoms with van der Waals surface area (Å²) in [7, 11) is 1.83. The van der Waals surface area contributed by atoms with E-state index in [4.69, 9.17) is 0 Å². The zero-order valence-corrected chi connectivity index (χ0v) is 5.69. The average molecular weight is 136 g/mol. The zero-order chi connectivity index (χ0) is 7.40. The number of hydrogen-bond acceptors (Lipinski definition) is 2. The molecule has 10 heavy (non-hydrogen) atoms. The molecule has 0 atom stereocenters. The predicted molar refractivity (Wildman–Crippen MR) is 38.3 cm³/mol. The Balaban J connectivity index is 2.75. The molecule has 3 nitrogen and oxygen atoms in total. The molecule has 0 N–H and O–H groups in total. The van der Waals surface area contributed by atoms with Crippen LogP contribution in [0.3, 0.4) is 0 Å². The molecule has 0 aromatic carbocycles. The van der Waals surface area contributed by atoms with Gasteiger partial charge >= 0.3 is 0 Å². The normalized spacial score (nSPS) is 10.5. The van der Waals surface area contributed by atoms with Crippen molar-refractivity contribution >= 4 is 12.4 Å². The van der Waals surface area contributed by atoms with Gasteiger partial charge in [-0.2, -0.15) is 5.10 Å². The SMILES string of the molecule is Cn1ccc(/C=C/C=O)n1. The summed E-state index contributed by atoms with van der Waals surface area (Å²) in [5.41, 5.74) is 0.801. The Morgan fingerprint density at radius 2 is 2.50 bits per heavy atom. The molecule has 0 unspecified atom stereocenters. The van der Waals surface area contributed by atoms with Crippen LogP contribution in [-0.4, -0.2) is 16.1 Å². The third-order valence-electron chi connectivity index (χ3n) is 1.08. The molecule has 0 amide bonds. The molecule has 0 spiro atoms. The number of aryl methyl sites for hydroxylation is 1. The summed E-state index contributed by atoms with van der Waals surface area (Å²) < 4.78 is 1.68. The first-order valence-electron chi connectivity index (χ1n) is 2.94. The van der Waals surface area contributed by atoms with Crippen LogP contribution in [-0.2, 0) is 11.8 Å².